The summed E-state index contributed by atoms with van der Waals surface area (Å²) in [5, 5.41) is 7.57. The zero-order valence-corrected chi connectivity index (χ0v) is 10.5. The number of hydrogen-bond donors (Lipinski definition) is 2. The number of rotatable bonds is 5. The van der Waals surface area contributed by atoms with Gasteiger partial charge in [-0.2, -0.15) is 4.37 Å². The Labute approximate surface area is 99.8 Å². The van der Waals surface area contributed by atoms with Gasteiger partial charge < -0.3 is 15.4 Å². The third-order valence-electron chi connectivity index (χ3n) is 2.71. The molecule has 1 aromatic rings. The van der Waals surface area contributed by atoms with Gasteiger partial charge in [0, 0.05) is 38.2 Å². The van der Waals surface area contributed by atoms with Gasteiger partial charge in [0.15, 0.2) is 0 Å². The van der Waals surface area contributed by atoms with Crippen LogP contribution in [0, 0.1) is 0 Å². The zero-order valence-electron chi connectivity index (χ0n) is 9.69. The van der Waals surface area contributed by atoms with E-state index in [0.29, 0.717) is 6.04 Å². The topological polar surface area (TPSA) is 59.1 Å². The number of aromatic nitrogens is 2. The molecule has 0 amide bonds. The fraction of sp³-hybridized carbons (Fsp3) is 0.800. The van der Waals surface area contributed by atoms with Crippen LogP contribution in [0.1, 0.15) is 19.2 Å². The number of nitrogens with one attached hydrogen (secondary N) is 2. The molecule has 1 saturated heterocycles. The third kappa shape index (κ3) is 2.69. The molecule has 1 aliphatic heterocycles. The maximum absolute atomic E-state index is 5.38. The van der Waals surface area contributed by atoms with Crippen LogP contribution in [-0.4, -0.2) is 41.7 Å². The molecule has 6 heteroatoms. The highest BCUT2D eigenvalue weighted by Gasteiger charge is 2.27. The molecule has 0 aliphatic carbocycles. The van der Waals surface area contributed by atoms with E-state index in [1.54, 1.807) is 7.11 Å². The van der Waals surface area contributed by atoms with Crippen molar-refractivity contribution in [1.29, 1.82) is 0 Å². The van der Waals surface area contributed by atoms with Crippen LogP contribution in [0.15, 0.2) is 0 Å². The average molecular weight is 242 g/mol. The summed E-state index contributed by atoms with van der Waals surface area (Å²) in [6.07, 6.45) is 2.26. The monoisotopic (exact) mass is 242 g/mol. The summed E-state index contributed by atoms with van der Waals surface area (Å²) in [5.41, 5.74) is 0. The molecule has 1 unspecified atom stereocenters. The van der Waals surface area contributed by atoms with Crippen molar-refractivity contribution in [1.82, 2.24) is 14.7 Å². The first-order valence-electron chi connectivity index (χ1n) is 5.66. The number of ether oxygens (including phenoxy) is 1. The molecule has 16 heavy (non-hydrogen) atoms. The lowest BCUT2D eigenvalue weighted by Crippen LogP contribution is -2.33. The van der Waals surface area contributed by atoms with Crippen LogP contribution in [0.25, 0.3) is 0 Å². The molecule has 0 saturated carbocycles. The molecule has 0 aromatic carbocycles. The Morgan fingerprint density at radius 1 is 1.56 bits per heavy atom. The van der Waals surface area contributed by atoms with Gasteiger partial charge in [-0.25, -0.2) is 4.98 Å². The smallest absolute Gasteiger partial charge is 0.202 e. The van der Waals surface area contributed by atoms with Crippen molar-refractivity contribution in [3.63, 3.8) is 0 Å². The number of anilines is 1. The summed E-state index contributed by atoms with van der Waals surface area (Å²) in [7, 11) is 1.74. The van der Waals surface area contributed by atoms with E-state index in [0.717, 1.165) is 36.9 Å². The van der Waals surface area contributed by atoms with Crippen molar-refractivity contribution < 1.29 is 4.74 Å². The Bertz CT molecular complexity index is 330. The summed E-state index contributed by atoms with van der Waals surface area (Å²) < 4.78 is 9.69. The van der Waals surface area contributed by atoms with Gasteiger partial charge in [0.2, 0.25) is 5.13 Å². The summed E-state index contributed by atoms with van der Waals surface area (Å²) >= 11 is 1.43. The van der Waals surface area contributed by atoms with E-state index in [1.165, 1.54) is 11.5 Å². The van der Waals surface area contributed by atoms with Gasteiger partial charge in [-0.05, 0) is 6.42 Å². The first kappa shape index (κ1) is 11.8. The van der Waals surface area contributed by atoms with Crippen LogP contribution in [0.5, 0.6) is 0 Å². The van der Waals surface area contributed by atoms with Crippen LogP contribution in [0.4, 0.5) is 5.13 Å². The molecular formula is C10H18N4OS. The highest BCUT2D eigenvalue weighted by Crippen LogP contribution is 2.16. The average Bonchev–Trinajstić information content (AvgIpc) is 2.89. The van der Waals surface area contributed by atoms with E-state index >= 15 is 0 Å². The first-order valence-corrected chi connectivity index (χ1v) is 6.43. The number of aryl methyl sites for hydroxylation is 1. The van der Waals surface area contributed by atoms with Crippen LogP contribution in [0.3, 0.4) is 0 Å². The van der Waals surface area contributed by atoms with Gasteiger partial charge in [-0.15, -0.1) is 0 Å². The highest BCUT2D eigenvalue weighted by molar-refractivity contribution is 7.09. The molecule has 2 N–H and O–H groups in total. The molecule has 0 radical (unpaired) electrons. The molecule has 5 nitrogen and oxygen atoms in total. The third-order valence-corrected chi connectivity index (χ3v) is 3.40. The standard InChI is InChI=1S/C10H18N4OS/c1-3-4-9-13-10(16-14-9)12-7-5-11-6-8(7)15-2/h7-8,11H,3-6H2,1-2H3,(H,12,13,14)/t7?,8-/m0/s1. The molecular weight excluding hydrogens is 224 g/mol. The summed E-state index contributed by atoms with van der Waals surface area (Å²) in [6, 6.07) is 0.299. The van der Waals surface area contributed by atoms with Crippen LogP contribution in [-0.2, 0) is 11.2 Å². The quantitative estimate of drug-likeness (QED) is 0.803. The minimum Gasteiger partial charge on any atom is -0.378 e. The lowest BCUT2D eigenvalue weighted by Gasteiger charge is -2.17. The SMILES string of the molecule is CCCc1nsc(NC2CNC[C@@H]2OC)n1. The van der Waals surface area contributed by atoms with Crippen molar-refractivity contribution in [3.05, 3.63) is 5.82 Å². The molecule has 2 atom stereocenters. The normalized spacial score (nSPS) is 24.9. The second-order valence-electron chi connectivity index (χ2n) is 3.95. The van der Waals surface area contributed by atoms with Gasteiger partial charge in [0.1, 0.15) is 5.82 Å². The lowest BCUT2D eigenvalue weighted by atomic mass is 10.2. The summed E-state index contributed by atoms with van der Waals surface area (Å²) in [6.45, 7) is 3.95. The largest absolute Gasteiger partial charge is 0.378 e. The van der Waals surface area contributed by atoms with Gasteiger partial charge in [-0.1, -0.05) is 6.92 Å². The summed E-state index contributed by atoms with van der Waals surface area (Å²) in [5.74, 6) is 0.940. The van der Waals surface area contributed by atoms with E-state index < -0.39 is 0 Å². The Morgan fingerprint density at radius 3 is 3.19 bits per heavy atom. The summed E-state index contributed by atoms with van der Waals surface area (Å²) in [4.78, 5) is 4.45. The fourth-order valence-corrected chi connectivity index (χ4v) is 2.52. The first-order chi connectivity index (χ1) is 7.83. The predicted molar refractivity (Wildman–Crippen MR) is 65.0 cm³/mol. The molecule has 1 fully saturated rings. The maximum atomic E-state index is 5.38. The highest BCUT2D eigenvalue weighted by atomic mass is 32.1. The van der Waals surface area contributed by atoms with E-state index in [1.807, 2.05) is 0 Å². The number of methoxy groups -OCH3 is 1. The molecule has 1 aromatic heterocycles. The van der Waals surface area contributed by atoms with Crippen molar-refractivity contribution in [2.45, 2.75) is 31.9 Å². The molecule has 2 heterocycles. The predicted octanol–water partition coefficient (Wildman–Crippen LogP) is 0.889. The van der Waals surface area contributed by atoms with Crippen LogP contribution >= 0.6 is 11.5 Å². The van der Waals surface area contributed by atoms with E-state index in [2.05, 4.69) is 26.9 Å². The van der Waals surface area contributed by atoms with Gasteiger partial charge in [0.25, 0.3) is 0 Å². The number of nitrogens with zero attached hydrogens (tertiary/aromatic N) is 2. The Morgan fingerprint density at radius 2 is 2.44 bits per heavy atom. The lowest BCUT2D eigenvalue weighted by molar-refractivity contribution is 0.111. The van der Waals surface area contributed by atoms with Crippen LogP contribution < -0.4 is 10.6 Å². The maximum Gasteiger partial charge on any atom is 0.202 e. The number of hydrogen-bond acceptors (Lipinski definition) is 6. The van der Waals surface area contributed by atoms with Gasteiger partial charge in [0.05, 0.1) is 12.1 Å². The molecule has 1 aliphatic rings. The van der Waals surface area contributed by atoms with Crippen LogP contribution in [0.2, 0.25) is 0 Å². The zero-order chi connectivity index (χ0) is 11.4. The Kier molecular flexibility index (Phi) is 4.09. The molecule has 0 spiro atoms. The van der Waals surface area contributed by atoms with E-state index in [9.17, 15) is 0 Å². The fourth-order valence-electron chi connectivity index (χ4n) is 1.84. The minimum absolute atomic E-state index is 0.221. The Hall–Kier alpha value is -0.720. The van der Waals surface area contributed by atoms with Crippen molar-refractivity contribution in [2.24, 2.45) is 0 Å². The van der Waals surface area contributed by atoms with E-state index in [4.69, 9.17) is 4.74 Å². The van der Waals surface area contributed by atoms with Gasteiger partial charge >= 0.3 is 0 Å². The second-order valence-corrected chi connectivity index (χ2v) is 4.70. The van der Waals surface area contributed by atoms with E-state index in [-0.39, 0.29) is 6.10 Å². The van der Waals surface area contributed by atoms with Crippen molar-refractivity contribution in [3.8, 4) is 0 Å². The molecule has 90 valence electrons. The van der Waals surface area contributed by atoms with Crippen molar-refractivity contribution >= 4 is 16.7 Å². The van der Waals surface area contributed by atoms with Gasteiger partial charge in [-0.3, -0.25) is 0 Å². The Balaban J connectivity index is 1.92. The van der Waals surface area contributed by atoms with Crippen molar-refractivity contribution in [2.75, 3.05) is 25.5 Å². The molecule has 0 bridgehead atoms. The minimum atomic E-state index is 0.221. The molecule has 2 rings (SSSR count). The second kappa shape index (κ2) is 5.56.